The summed E-state index contributed by atoms with van der Waals surface area (Å²) in [6.45, 7) is 3.74. The lowest BCUT2D eigenvalue weighted by Gasteiger charge is -2.38. The van der Waals surface area contributed by atoms with Crippen LogP contribution < -0.4 is 0 Å². The fraction of sp³-hybridized carbons (Fsp3) is 0.889. The Morgan fingerprint density at radius 2 is 2.00 bits per heavy atom. The van der Waals surface area contributed by atoms with E-state index in [9.17, 15) is 9.81 Å². The van der Waals surface area contributed by atoms with Crippen LogP contribution >= 0.6 is 0 Å². The zero-order valence-corrected chi connectivity index (χ0v) is 8.30. The van der Waals surface area contributed by atoms with Crippen molar-refractivity contribution in [2.75, 3.05) is 0 Å². The van der Waals surface area contributed by atoms with E-state index in [-0.39, 0.29) is 11.5 Å². The van der Waals surface area contributed by atoms with Crippen molar-refractivity contribution in [2.45, 2.75) is 38.8 Å². The summed E-state index contributed by atoms with van der Waals surface area (Å²) in [4.78, 5) is 21.0. The maximum Gasteiger partial charge on any atom is 0.110 e. The summed E-state index contributed by atoms with van der Waals surface area (Å²) in [6, 6.07) is 1.13. The Morgan fingerprint density at radius 3 is 2.43 bits per heavy atom. The van der Waals surface area contributed by atoms with Gasteiger partial charge in [-0.05, 0) is 11.8 Å². The molecule has 0 radical (unpaired) electrons. The summed E-state index contributed by atoms with van der Waals surface area (Å²) in [5.74, 6) is -0.405. The van der Waals surface area contributed by atoms with Crippen molar-refractivity contribution < 1.29 is 0 Å². The summed E-state index contributed by atoms with van der Waals surface area (Å²) in [7, 11) is 0. The third-order valence-corrected chi connectivity index (χ3v) is 2.93. The topological polar surface area (TPSA) is 82.7 Å². The SMILES string of the molecule is CC1(C)CC(N=O)CC(N=O)C1C#N. The lowest BCUT2D eigenvalue weighted by molar-refractivity contribution is 0.142. The molecular formula is C9H13N3O2. The van der Waals surface area contributed by atoms with Gasteiger partial charge in [0, 0.05) is 6.42 Å². The van der Waals surface area contributed by atoms with Crippen LogP contribution in [0.3, 0.4) is 0 Å². The normalized spacial score (nSPS) is 35.6. The highest BCUT2D eigenvalue weighted by molar-refractivity contribution is 5.06. The minimum Gasteiger partial charge on any atom is -0.198 e. The fourth-order valence-corrected chi connectivity index (χ4v) is 2.20. The molecule has 0 amide bonds. The van der Waals surface area contributed by atoms with Crippen molar-refractivity contribution in [3.63, 3.8) is 0 Å². The highest BCUT2D eigenvalue weighted by Gasteiger charge is 2.44. The molecule has 0 saturated heterocycles. The van der Waals surface area contributed by atoms with E-state index in [2.05, 4.69) is 16.4 Å². The van der Waals surface area contributed by atoms with E-state index in [1.54, 1.807) is 0 Å². The van der Waals surface area contributed by atoms with E-state index in [0.717, 1.165) is 0 Å². The Labute approximate surface area is 82.4 Å². The summed E-state index contributed by atoms with van der Waals surface area (Å²) in [5.41, 5.74) is -0.357. The molecule has 0 heterocycles. The first-order chi connectivity index (χ1) is 6.55. The highest BCUT2D eigenvalue weighted by atomic mass is 16.3. The van der Waals surface area contributed by atoms with E-state index in [1.807, 2.05) is 13.8 Å². The fourth-order valence-electron chi connectivity index (χ4n) is 2.20. The maximum absolute atomic E-state index is 10.5. The summed E-state index contributed by atoms with van der Waals surface area (Å²) in [5, 5.41) is 14.8. The predicted molar refractivity (Wildman–Crippen MR) is 51.3 cm³/mol. The summed E-state index contributed by atoms with van der Waals surface area (Å²) < 4.78 is 0. The predicted octanol–water partition coefficient (Wildman–Crippen LogP) is 2.22. The molecule has 1 rings (SSSR count). The van der Waals surface area contributed by atoms with Crippen LogP contribution in [0.2, 0.25) is 0 Å². The Hall–Kier alpha value is -1.31. The van der Waals surface area contributed by atoms with Gasteiger partial charge in [0.2, 0.25) is 0 Å². The van der Waals surface area contributed by atoms with Crippen LogP contribution in [-0.4, -0.2) is 12.1 Å². The molecular weight excluding hydrogens is 182 g/mol. The van der Waals surface area contributed by atoms with E-state index in [0.29, 0.717) is 12.8 Å². The molecule has 1 saturated carbocycles. The molecule has 14 heavy (non-hydrogen) atoms. The number of nitroso groups, excluding NO2 is 2. The summed E-state index contributed by atoms with van der Waals surface area (Å²) in [6.07, 6.45) is 0.870. The summed E-state index contributed by atoms with van der Waals surface area (Å²) >= 11 is 0. The lowest BCUT2D eigenvalue weighted by atomic mass is 9.65. The van der Waals surface area contributed by atoms with Gasteiger partial charge in [-0.2, -0.15) is 15.1 Å². The molecule has 3 unspecified atom stereocenters. The number of rotatable bonds is 2. The number of hydrogen-bond donors (Lipinski definition) is 0. The van der Waals surface area contributed by atoms with Crippen molar-refractivity contribution in [3.05, 3.63) is 9.81 Å². The van der Waals surface area contributed by atoms with E-state index < -0.39 is 12.0 Å². The molecule has 0 aromatic carbocycles. The van der Waals surface area contributed by atoms with Crippen LogP contribution in [0.1, 0.15) is 26.7 Å². The third-order valence-electron chi connectivity index (χ3n) is 2.93. The van der Waals surface area contributed by atoms with Gasteiger partial charge in [-0.15, -0.1) is 0 Å². The smallest absolute Gasteiger partial charge is 0.110 e. The van der Waals surface area contributed by atoms with Gasteiger partial charge in [0.15, 0.2) is 0 Å². The van der Waals surface area contributed by atoms with Gasteiger partial charge < -0.3 is 0 Å². The molecule has 0 aromatic rings. The second-order valence-corrected chi connectivity index (χ2v) is 4.47. The van der Waals surface area contributed by atoms with Crippen molar-refractivity contribution in [3.8, 4) is 6.07 Å². The first-order valence-electron chi connectivity index (χ1n) is 4.59. The minimum absolute atomic E-state index is 0.314. The van der Waals surface area contributed by atoms with Gasteiger partial charge in [-0.1, -0.05) is 24.2 Å². The Morgan fingerprint density at radius 1 is 1.36 bits per heavy atom. The standard InChI is InChI=1S/C9H13N3O2/c1-9(2)4-6(11-13)3-8(12-14)7(9)5-10/h6-8H,3-4H2,1-2H3. The van der Waals surface area contributed by atoms with Gasteiger partial charge in [0.05, 0.1) is 18.0 Å². The van der Waals surface area contributed by atoms with Crippen LogP contribution in [0, 0.1) is 32.5 Å². The molecule has 5 heteroatoms. The van der Waals surface area contributed by atoms with Crippen LogP contribution in [0.25, 0.3) is 0 Å². The first-order valence-corrected chi connectivity index (χ1v) is 4.59. The largest absolute Gasteiger partial charge is 0.198 e. The first kappa shape index (κ1) is 10.8. The van der Waals surface area contributed by atoms with Gasteiger partial charge in [-0.25, -0.2) is 0 Å². The Kier molecular flexibility index (Phi) is 2.94. The minimum atomic E-state index is -0.591. The molecule has 76 valence electrons. The molecule has 0 aromatic heterocycles. The van der Waals surface area contributed by atoms with Crippen LogP contribution in [0.15, 0.2) is 10.4 Å². The van der Waals surface area contributed by atoms with Crippen molar-refractivity contribution in [1.82, 2.24) is 0 Å². The van der Waals surface area contributed by atoms with Gasteiger partial charge in [0.1, 0.15) is 6.04 Å². The second kappa shape index (κ2) is 3.82. The zero-order chi connectivity index (χ0) is 10.8. The van der Waals surface area contributed by atoms with Crippen molar-refractivity contribution in [2.24, 2.45) is 21.7 Å². The van der Waals surface area contributed by atoms with Crippen LogP contribution in [-0.2, 0) is 0 Å². The maximum atomic E-state index is 10.5. The van der Waals surface area contributed by atoms with Gasteiger partial charge in [0.25, 0.3) is 0 Å². The molecule has 1 aliphatic carbocycles. The van der Waals surface area contributed by atoms with Crippen LogP contribution in [0.4, 0.5) is 0 Å². The molecule has 0 aliphatic heterocycles. The second-order valence-electron chi connectivity index (χ2n) is 4.47. The van der Waals surface area contributed by atoms with Gasteiger partial charge in [-0.3, -0.25) is 0 Å². The molecule has 0 N–H and O–H groups in total. The van der Waals surface area contributed by atoms with Crippen molar-refractivity contribution >= 4 is 0 Å². The molecule has 5 nitrogen and oxygen atoms in total. The monoisotopic (exact) mass is 195 g/mol. The average Bonchev–Trinajstić information content (AvgIpc) is 2.15. The zero-order valence-electron chi connectivity index (χ0n) is 8.30. The quantitative estimate of drug-likeness (QED) is 0.633. The number of nitriles is 1. The van der Waals surface area contributed by atoms with Crippen LogP contribution in [0.5, 0.6) is 0 Å². The van der Waals surface area contributed by atoms with Crippen molar-refractivity contribution in [1.29, 1.82) is 5.26 Å². The molecule has 1 aliphatic rings. The molecule has 3 atom stereocenters. The lowest BCUT2D eigenvalue weighted by Crippen LogP contribution is -2.41. The molecule has 0 spiro atoms. The Balaban J connectivity index is 2.92. The Bertz CT molecular complexity index is 282. The molecule has 0 bridgehead atoms. The van der Waals surface area contributed by atoms with E-state index >= 15 is 0 Å². The highest BCUT2D eigenvalue weighted by Crippen LogP contribution is 2.42. The third kappa shape index (κ3) is 1.79. The van der Waals surface area contributed by atoms with E-state index in [4.69, 9.17) is 5.26 Å². The number of nitrogens with zero attached hydrogens (tertiary/aromatic N) is 3. The average molecular weight is 195 g/mol. The number of hydrogen-bond acceptors (Lipinski definition) is 5. The molecule has 1 fully saturated rings. The van der Waals surface area contributed by atoms with Gasteiger partial charge >= 0.3 is 0 Å². The van der Waals surface area contributed by atoms with E-state index in [1.165, 1.54) is 0 Å².